The number of aromatic nitrogens is 2. The van der Waals surface area contributed by atoms with Gasteiger partial charge in [-0.25, -0.2) is 0 Å². The fourth-order valence-electron chi connectivity index (χ4n) is 0.950. The lowest BCUT2D eigenvalue weighted by atomic mass is 10.6. The van der Waals surface area contributed by atoms with Gasteiger partial charge in [0.05, 0.1) is 37.7 Å². The molecule has 0 saturated carbocycles. The minimum atomic E-state index is -0.560. The van der Waals surface area contributed by atoms with Crippen LogP contribution in [0, 0.1) is 10.1 Å². The van der Waals surface area contributed by atoms with Crippen molar-refractivity contribution in [2.75, 3.05) is 19.8 Å². The molecule has 0 atom stereocenters. The van der Waals surface area contributed by atoms with Gasteiger partial charge in [-0.2, -0.15) is 4.68 Å². The van der Waals surface area contributed by atoms with Crippen LogP contribution in [0.3, 0.4) is 0 Å². The Bertz CT molecular complexity index is 341. The second-order valence-electron chi connectivity index (χ2n) is 2.66. The predicted octanol–water partition coefficient (Wildman–Crippen LogP) is 0.563. The van der Waals surface area contributed by atoms with Gasteiger partial charge in [0.15, 0.2) is 0 Å². The van der Waals surface area contributed by atoms with Crippen LogP contribution in [0.5, 0.6) is 0 Å². The maximum absolute atomic E-state index is 10.4. The molecule has 0 saturated heterocycles. The maximum atomic E-state index is 10.4. The van der Waals surface area contributed by atoms with Crippen LogP contribution >= 0.6 is 15.9 Å². The molecule has 0 fully saturated rings. The highest BCUT2D eigenvalue weighted by molar-refractivity contribution is 9.10. The van der Waals surface area contributed by atoms with Gasteiger partial charge in [-0.1, -0.05) is 0 Å². The molecule has 0 aliphatic rings. The van der Waals surface area contributed by atoms with Crippen LogP contribution in [-0.2, 0) is 11.3 Å². The summed E-state index contributed by atoms with van der Waals surface area (Å²) in [6.07, 6.45) is 1.51. The summed E-state index contributed by atoms with van der Waals surface area (Å²) in [7, 11) is 0. The molecule has 0 bridgehead atoms. The van der Waals surface area contributed by atoms with Gasteiger partial charge in [0.25, 0.3) is 0 Å². The number of rotatable bonds is 6. The fraction of sp³-hybridized carbons (Fsp3) is 0.571. The molecule has 1 aromatic heterocycles. The molecule has 0 radical (unpaired) electrons. The van der Waals surface area contributed by atoms with Crippen molar-refractivity contribution in [3.8, 4) is 0 Å². The number of hydrogen-bond donors (Lipinski definition) is 1. The van der Waals surface area contributed by atoms with Crippen molar-refractivity contribution in [1.29, 1.82) is 0 Å². The molecular weight excluding hydrogens is 270 g/mol. The van der Waals surface area contributed by atoms with E-state index in [9.17, 15) is 10.1 Å². The zero-order valence-electron chi connectivity index (χ0n) is 7.80. The standard InChI is InChI=1S/C7H10BrN3O4/c8-6-5-10(1-3-15-4-2-12)9-7(6)11(13)14/h5,12H,1-4H2. The smallest absolute Gasteiger partial charge is 0.394 e. The van der Waals surface area contributed by atoms with Gasteiger partial charge in [0.2, 0.25) is 0 Å². The first-order valence-electron chi connectivity index (χ1n) is 4.21. The number of hydrogen-bond acceptors (Lipinski definition) is 5. The van der Waals surface area contributed by atoms with Crippen molar-refractivity contribution in [3.63, 3.8) is 0 Å². The summed E-state index contributed by atoms with van der Waals surface area (Å²) in [5.41, 5.74) is 0. The number of aliphatic hydroxyl groups excluding tert-OH is 1. The van der Waals surface area contributed by atoms with Gasteiger partial charge >= 0.3 is 5.82 Å². The van der Waals surface area contributed by atoms with Gasteiger partial charge in [0, 0.05) is 0 Å². The monoisotopic (exact) mass is 279 g/mol. The number of nitro groups is 1. The van der Waals surface area contributed by atoms with Crippen molar-refractivity contribution in [2.24, 2.45) is 0 Å². The van der Waals surface area contributed by atoms with E-state index in [2.05, 4.69) is 21.0 Å². The summed E-state index contributed by atoms with van der Waals surface area (Å²) in [6.45, 7) is 0.978. The summed E-state index contributed by atoms with van der Waals surface area (Å²) >= 11 is 3.03. The molecule has 0 unspecified atom stereocenters. The van der Waals surface area contributed by atoms with Crippen molar-refractivity contribution in [3.05, 3.63) is 20.8 Å². The largest absolute Gasteiger partial charge is 0.404 e. The Morgan fingerprint density at radius 2 is 2.40 bits per heavy atom. The Morgan fingerprint density at radius 3 is 2.93 bits per heavy atom. The van der Waals surface area contributed by atoms with Crippen LogP contribution in [0.25, 0.3) is 0 Å². The van der Waals surface area contributed by atoms with E-state index in [1.54, 1.807) is 0 Å². The summed E-state index contributed by atoms with van der Waals surface area (Å²) in [5, 5.41) is 22.6. The highest BCUT2D eigenvalue weighted by atomic mass is 79.9. The van der Waals surface area contributed by atoms with E-state index >= 15 is 0 Å². The second kappa shape index (κ2) is 5.79. The fourth-order valence-corrected chi connectivity index (χ4v) is 1.41. The molecule has 0 aromatic carbocycles. The number of nitrogens with zero attached hydrogens (tertiary/aromatic N) is 3. The van der Waals surface area contributed by atoms with Crippen LogP contribution in [-0.4, -0.2) is 39.6 Å². The zero-order chi connectivity index (χ0) is 11.3. The van der Waals surface area contributed by atoms with E-state index in [-0.39, 0.29) is 19.0 Å². The van der Waals surface area contributed by atoms with Crippen LogP contribution in [0.1, 0.15) is 0 Å². The lowest BCUT2D eigenvalue weighted by Gasteiger charge is -1.98. The Morgan fingerprint density at radius 1 is 1.67 bits per heavy atom. The van der Waals surface area contributed by atoms with E-state index < -0.39 is 4.92 Å². The van der Waals surface area contributed by atoms with Crippen LogP contribution in [0.2, 0.25) is 0 Å². The van der Waals surface area contributed by atoms with Crippen molar-refractivity contribution in [2.45, 2.75) is 6.54 Å². The van der Waals surface area contributed by atoms with Gasteiger partial charge in [-0.05, 0) is 20.9 Å². The Balaban J connectivity index is 2.48. The summed E-state index contributed by atoms with van der Waals surface area (Å²) in [6, 6.07) is 0. The minimum Gasteiger partial charge on any atom is -0.394 e. The first-order chi connectivity index (χ1) is 7.15. The van der Waals surface area contributed by atoms with Crippen LogP contribution in [0.4, 0.5) is 5.82 Å². The Kier molecular flexibility index (Phi) is 4.66. The third-order valence-electron chi connectivity index (χ3n) is 1.57. The van der Waals surface area contributed by atoms with Crippen LogP contribution in [0.15, 0.2) is 10.7 Å². The quantitative estimate of drug-likeness (QED) is 0.467. The average Bonchev–Trinajstić information content (AvgIpc) is 2.55. The van der Waals surface area contributed by atoms with Gasteiger partial charge < -0.3 is 20.0 Å². The Labute approximate surface area is 93.9 Å². The minimum absolute atomic E-state index is 0.0387. The molecule has 84 valence electrons. The van der Waals surface area contributed by atoms with E-state index in [1.165, 1.54) is 10.9 Å². The molecule has 15 heavy (non-hydrogen) atoms. The average molecular weight is 280 g/mol. The summed E-state index contributed by atoms with van der Waals surface area (Å²) < 4.78 is 6.76. The number of ether oxygens (including phenoxy) is 1. The predicted molar refractivity (Wildman–Crippen MR) is 54.5 cm³/mol. The third kappa shape index (κ3) is 3.57. The molecule has 0 aliphatic carbocycles. The molecule has 1 aromatic rings. The van der Waals surface area contributed by atoms with E-state index in [0.29, 0.717) is 17.6 Å². The summed E-state index contributed by atoms with van der Waals surface area (Å²) in [4.78, 5) is 9.89. The lowest BCUT2D eigenvalue weighted by molar-refractivity contribution is -0.390. The zero-order valence-corrected chi connectivity index (χ0v) is 9.38. The number of aliphatic hydroxyl groups is 1. The van der Waals surface area contributed by atoms with Gasteiger partial charge in [-0.3, -0.25) is 0 Å². The topological polar surface area (TPSA) is 90.4 Å². The first-order valence-corrected chi connectivity index (χ1v) is 5.00. The number of halogens is 1. The highest BCUT2D eigenvalue weighted by Crippen LogP contribution is 2.21. The molecule has 1 heterocycles. The molecule has 1 N–H and O–H groups in total. The van der Waals surface area contributed by atoms with Gasteiger partial charge in [-0.15, -0.1) is 0 Å². The van der Waals surface area contributed by atoms with E-state index in [0.717, 1.165) is 0 Å². The Hall–Kier alpha value is -0.990. The van der Waals surface area contributed by atoms with Crippen molar-refractivity contribution in [1.82, 2.24) is 9.78 Å². The van der Waals surface area contributed by atoms with E-state index in [1.807, 2.05) is 0 Å². The van der Waals surface area contributed by atoms with Crippen LogP contribution < -0.4 is 0 Å². The van der Waals surface area contributed by atoms with Crippen molar-refractivity contribution < 1.29 is 14.8 Å². The SMILES string of the molecule is O=[N+]([O-])c1nn(CCOCCO)cc1Br. The normalized spacial score (nSPS) is 10.5. The maximum Gasteiger partial charge on any atom is 0.404 e. The highest BCUT2D eigenvalue weighted by Gasteiger charge is 2.17. The van der Waals surface area contributed by atoms with Gasteiger partial charge in [0.1, 0.15) is 4.47 Å². The van der Waals surface area contributed by atoms with E-state index in [4.69, 9.17) is 9.84 Å². The third-order valence-corrected chi connectivity index (χ3v) is 2.13. The lowest BCUT2D eigenvalue weighted by Crippen LogP contribution is -2.09. The molecule has 8 heteroatoms. The summed E-state index contributed by atoms with van der Waals surface area (Å²) in [5.74, 6) is -0.211. The second-order valence-corrected chi connectivity index (χ2v) is 3.51. The molecule has 0 spiro atoms. The molecule has 0 amide bonds. The molecule has 0 aliphatic heterocycles. The molecule has 7 nitrogen and oxygen atoms in total. The molecule has 1 rings (SSSR count). The van der Waals surface area contributed by atoms with Crippen molar-refractivity contribution >= 4 is 21.7 Å². The molecular formula is C7H10BrN3O4. The first kappa shape index (κ1) is 12.1.